The standard InChI is InChI=1S/C29H34N6O2/c1-20-11-15-23(16-12-20)35(26(36)19-34-25-10-8-7-9-24(25)31-32-34)27(28(37)30-29(2,3)4)21-13-17-22(18-14-21)33(5)6/h7-18,27H,19H2,1-6H3,(H,30,37). The van der Waals surface area contributed by atoms with Crippen LogP contribution >= 0.6 is 0 Å². The summed E-state index contributed by atoms with van der Waals surface area (Å²) in [6.07, 6.45) is 0. The summed E-state index contributed by atoms with van der Waals surface area (Å²) in [5, 5.41) is 11.5. The average molecular weight is 499 g/mol. The quantitative estimate of drug-likeness (QED) is 0.406. The fraction of sp³-hybridized carbons (Fsp3) is 0.310. The van der Waals surface area contributed by atoms with Gasteiger partial charge >= 0.3 is 0 Å². The van der Waals surface area contributed by atoms with Crippen LogP contribution in [0.4, 0.5) is 11.4 Å². The summed E-state index contributed by atoms with van der Waals surface area (Å²) in [4.78, 5) is 31.4. The molecule has 4 aromatic rings. The fourth-order valence-corrected chi connectivity index (χ4v) is 4.19. The highest BCUT2D eigenvalue weighted by Gasteiger charge is 2.34. The van der Waals surface area contributed by atoms with Gasteiger partial charge in [-0.25, -0.2) is 4.68 Å². The third-order valence-corrected chi connectivity index (χ3v) is 6.02. The molecule has 8 nitrogen and oxygen atoms in total. The number of nitrogens with zero attached hydrogens (tertiary/aromatic N) is 5. The van der Waals surface area contributed by atoms with E-state index in [2.05, 4.69) is 15.6 Å². The largest absolute Gasteiger partial charge is 0.378 e. The number of amides is 2. The van der Waals surface area contributed by atoms with Gasteiger partial charge in [0.2, 0.25) is 11.8 Å². The molecule has 8 heteroatoms. The monoisotopic (exact) mass is 498 g/mol. The van der Waals surface area contributed by atoms with Crippen LogP contribution in [0.1, 0.15) is 37.9 Å². The molecule has 0 aliphatic carbocycles. The van der Waals surface area contributed by atoms with Crippen molar-refractivity contribution in [3.63, 3.8) is 0 Å². The van der Waals surface area contributed by atoms with Gasteiger partial charge in [-0.15, -0.1) is 5.10 Å². The molecule has 4 rings (SSSR count). The number of aryl methyl sites for hydroxylation is 1. The number of rotatable bonds is 7. The van der Waals surface area contributed by atoms with Gasteiger partial charge in [0, 0.05) is 31.0 Å². The van der Waals surface area contributed by atoms with Crippen molar-refractivity contribution in [3.8, 4) is 0 Å². The normalized spacial score (nSPS) is 12.3. The number of benzene rings is 3. The van der Waals surface area contributed by atoms with Crippen LogP contribution in [-0.4, -0.2) is 46.4 Å². The Morgan fingerprint density at radius 1 is 0.919 bits per heavy atom. The van der Waals surface area contributed by atoms with Crippen LogP contribution in [0.25, 0.3) is 11.0 Å². The van der Waals surface area contributed by atoms with Gasteiger partial charge in [-0.05, 0) is 69.7 Å². The molecule has 0 fully saturated rings. The molecule has 1 aromatic heterocycles. The Labute approximate surface area is 217 Å². The fourth-order valence-electron chi connectivity index (χ4n) is 4.19. The molecular weight excluding hydrogens is 464 g/mol. The molecule has 0 saturated heterocycles. The topological polar surface area (TPSA) is 83.4 Å². The van der Waals surface area contributed by atoms with Crippen molar-refractivity contribution in [1.82, 2.24) is 20.3 Å². The van der Waals surface area contributed by atoms with E-state index in [4.69, 9.17) is 0 Å². The maximum absolute atomic E-state index is 14.0. The van der Waals surface area contributed by atoms with Gasteiger partial charge in [-0.2, -0.15) is 0 Å². The van der Waals surface area contributed by atoms with Gasteiger partial charge in [-0.1, -0.05) is 47.2 Å². The molecule has 0 aliphatic heterocycles. The maximum Gasteiger partial charge on any atom is 0.249 e. The number of anilines is 2. The smallest absolute Gasteiger partial charge is 0.249 e. The van der Waals surface area contributed by atoms with Gasteiger partial charge in [0.25, 0.3) is 0 Å². The molecule has 192 valence electrons. The van der Waals surface area contributed by atoms with E-state index in [9.17, 15) is 9.59 Å². The van der Waals surface area contributed by atoms with E-state index >= 15 is 0 Å². The van der Waals surface area contributed by atoms with Gasteiger partial charge < -0.3 is 10.2 Å². The zero-order chi connectivity index (χ0) is 26.7. The summed E-state index contributed by atoms with van der Waals surface area (Å²) >= 11 is 0. The first kappa shape index (κ1) is 25.9. The minimum Gasteiger partial charge on any atom is -0.378 e. The maximum atomic E-state index is 14.0. The molecule has 0 spiro atoms. The summed E-state index contributed by atoms with van der Waals surface area (Å²) in [5.74, 6) is -0.535. The van der Waals surface area contributed by atoms with Gasteiger partial charge in [0.15, 0.2) is 0 Å². The van der Waals surface area contributed by atoms with E-state index in [-0.39, 0.29) is 18.4 Å². The van der Waals surface area contributed by atoms with Crippen molar-refractivity contribution in [1.29, 1.82) is 0 Å². The zero-order valence-corrected chi connectivity index (χ0v) is 22.3. The Kier molecular flexibility index (Phi) is 7.29. The minimum absolute atomic E-state index is 0.0660. The van der Waals surface area contributed by atoms with Crippen LogP contribution in [0, 0.1) is 6.92 Å². The molecule has 2 amide bonds. The van der Waals surface area contributed by atoms with Crippen LogP contribution in [0.5, 0.6) is 0 Å². The van der Waals surface area contributed by atoms with Crippen LogP contribution in [0.15, 0.2) is 72.8 Å². The predicted molar refractivity (Wildman–Crippen MR) is 148 cm³/mol. The Bertz CT molecular complexity index is 1380. The first-order valence-corrected chi connectivity index (χ1v) is 12.3. The second-order valence-electron chi connectivity index (χ2n) is 10.5. The molecular formula is C29H34N6O2. The first-order valence-electron chi connectivity index (χ1n) is 12.3. The van der Waals surface area contributed by atoms with Crippen LogP contribution < -0.4 is 15.1 Å². The van der Waals surface area contributed by atoms with Gasteiger partial charge in [-0.3, -0.25) is 14.5 Å². The number of carbonyl (C=O) groups is 2. The van der Waals surface area contributed by atoms with Crippen molar-refractivity contribution in [3.05, 3.63) is 83.9 Å². The third kappa shape index (κ3) is 5.97. The number of para-hydroxylation sites is 1. The lowest BCUT2D eigenvalue weighted by Gasteiger charge is -2.34. The Morgan fingerprint density at radius 2 is 1.54 bits per heavy atom. The summed E-state index contributed by atoms with van der Waals surface area (Å²) in [6, 6.07) is 21.9. The summed E-state index contributed by atoms with van der Waals surface area (Å²) in [6.45, 7) is 7.70. The van der Waals surface area contributed by atoms with Crippen molar-refractivity contribution in [2.45, 2.75) is 45.8 Å². The highest BCUT2D eigenvalue weighted by atomic mass is 16.2. The Hall–Kier alpha value is -4.20. The van der Waals surface area contributed by atoms with E-state index in [0.29, 0.717) is 16.8 Å². The summed E-state index contributed by atoms with van der Waals surface area (Å²) in [7, 11) is 3.92. The minimum atomic E-state index is -0.888. The van der Waals surface area contributed by atoms with Crippen molar-refractivity contribution in [2.24, 2.45) is 0 Å². The molecule has 37 heavy (non-hydrogen) atoms. The molecule has 0 radical (unpaired) electrons. The lowest BCUT2D eigenvalue weighted by atomic mass is 10.00. The molecule has 3 aromatic carbocycles. The first-order chi connectivity index (χ1) is 17.5. The summed E-state index contributed by atoms with van der Waals surface area (Å²) < 4.78 is 1.58. The number of hydrogen-bond donors (Lipinski definition) is 1. The number of carbonyl (C=O) groups excluding carboxylic acids is 2. The summed E-state index contributed by atoms with van der Waals surface area (Å²) in [5.41, 5.74) is 4.38. The third-order valence-electron chi connectivity index (χ3n) is 6.02. The predicted octanol–water partition coefficient (Wildman–Crippen LogP) is 4.49. The SMILES string of the molecule is Cc1ccc(N(C(=O)Cn2nnc3ccccc32)C(C(=O)NC(C)(C)C)c2ccc(N(C)C)cc2)cc1. The van der Waals surface area contributed by atoms with E-state index in [1.807, 2.05) is 119 Å². The molecule has 1 N–H and O–H groups in total. The molecule has 1 unspecified atom stereocenters. The highest BCUT2D eigenvalue weighted by molar-refractivity contribution is 6.01. The lowest BCUT2D eigenvalue weighted by Crippen LogP contribution is -2.50. The lowest BCUT2D eigenvalue weighted by molar-refractivity contribution is -0.128. The number of fused-ring (bicyclic) bond motifs is 1. The van der Waals surface area contributed by atoms with Crippen molar-refractivity contribution >= 4 is 34.2 Å². The molecule has 0 aliphatic rings. The molecule has 1 atom stereocenters. The van der Waals surface area contributed by atoms with E-state index in [1.54, 1.807) is 9.58 Å². The number of aromatic nitrogens is 3. The second kappa shape index (κ2) is 10.4. The number of nitrogens with one attached hydrogen (secondary N) is 1. The van der Waals surface area contributed by atoms with Crippen molar-refractivity contribution < 1.29 is 9.59 Å². The zero-order valence-electron chi connectivity index (χ0n) is 22.3. The van der Waals surface area contributed by atoms with E-state index in [0.717, 1.165) is 16.8 Å². The van der Waals surface area contributed by atoms with Gasteiger partial charge in [0.05, 0.1) is 5.52 Å². The Morgan fingerprint density at radius 3 is 2.16 bits per heavy atom. The van der Waals surface area contributed by atoms with Crippen LogP contribution in [0.2, 0.25) is 0 Å². The van der Waals surface area contributed by atoms with Crippen LogP contribution in [0.3, 0.4) is 0 Å². The molecule has 0 saturated carbocycles. The van der Waals surface area contributed by atoms with Crippen LogP contribution in [-0.2, 0) is 16.1 Å². The Balaban J connectivity index is 1.81. The highest BCUT2D eigenvalue weighted by Crippen LogP contribution is 2.30. The van der Waals surface area contributed by atoms with Crippen molar-refractivity contribution in [2.75, 3.05) is 23.9 Å². The van der Waals surface area contributed by atoms with E-state index < -0.39 is 11.6 Å². The average Bonchev–Trinajstić information content (AvgIpc) is 3.25. The second-order valence-corrected chi connectivity index (χ2v) is 10.5. The van der Waals surface area contributed by atoms with E-state index in [1.165, 1.54) is 0 Å². The molecule has 1 heterocycles. The van der Waals surface area contributed by atoms with Gasteiger partial charge in [0.1, 0.15) is 18.1 Å². The molecule has 0 bridgehead atoms. The number of hydrogen-bond acceptors (Lipinski definition) is 5.